The molecule has 1 aliphatic carbocycles. The Morgan fingerprint density at radius 2 is 2.20 bits per heavy atom. The molecule has 3 heteroatoms. The molecule has 0 aliphatic heterocycles. The van der Waals surface area contributed by atoms with E-state index < -0.39 is 6.10 Å². The van der Waals surface area contributed by atoms with Gasteiger partial charge < -0.3 is 10.0 Å². The molecule has 0 aromatic carbocycles. The number of aliphatic hydroxyl groups is 1. The van der Waals surface area contributed by atoms with Gasteiger partial charge in [0, 0.05) is 13.1 Å². The second-order valence-corrected chi connectivity index (χ2v) is 4.31. The van der Waals surface area contributed by atoms with Crippen LogP contribution in [-0.2, 0) is 0 Å². The number of pyridine rings is 1. The van der Waals surface area contributed by atoms with Crippen molar-refractivity contribution in [1.82, 2.24) is 4.98 Å². The predicted octanol–water partition coefficient (Wildman–Crippen LogP) is 2.12. The van der Waals surface area contributed by atoms with Gasteiger partial charge in [0.2, 0.25) is 0 Å². The number of hydrogen-bond acceptors (Lipinski definition) is 3. The van der Waals surface area contributed by atoms with Gasteiger partial charge in [0.15, 0.2) is 0 Å². The van der Waals surface area contributed by atoms with E-state index in [0.29, 0.717) is 6.04 Å². The van der Waals surface area contributed by atoms with Gasteiger partial charge in [0.1, 0.15) is 0 Å². The molecule has 1 atom stereocenters. The van der Waals surface area contributed by atoms with Crippen molar-refractivity contribution in [2.45, 2.75) is 38.3 Å². The first kappa shape index (κ1) is 10.4. The van der Waals surface area contributed by atoms with Gasteiger partial charge >= 0.3 is 0 Å². The summed E-state index contributed by atoms with van der Waals surface area (Å²) in [6.45, 7) is 1.73. The number of hydrogen-bond donors (Lipinski definition) is 1. The summed E-state index contributed by atoms with van der Waals surface area (Å²) >= 11 is 0. The Morgan fingerprint density at radius 3 is 2.60 bits per heavy atom. The SMILES string of the molecule is CC(O)c1ccc(N(C)C2CCC2)cn1. The van der Waals surface area contributed by atoms with Crippen LogP contribution in [0.1, 0.15) is 38.0 Å². The summed E-state index contributed by atoms with van der Waals surface area (Å²) in [5, 5.41) is 9.34. The maximum absolute atomic E-state index is 9.34. The molecule has 1 fully saturated rings. The van der Waals surface area contributed by atoms with Crippen molar-refractivity contribution in [2.24, 2.45) is 0 Å². The molecular formula is C12H18N2O. The number of rotatable bonds is 3. The molecule has 1 aromatic heterocycles. The summed E-state index contributed by atoms with van der Waals surface area (Å²) in [4.78, 5) is 6.53. The first-order valence-corrected chi connectivity index (χ1v) is 5.55. The minimum atomic E-state index is -0.479. The highest BCUT2D eigenvalue weighted by Crippen LogP contribution is 2.27. The standard InChI is InChI=1S/C12H18N2O/c1-9(15)12-7-6-11(8-13-12)14(2)10-4-3-5-10/h6-10,15H,3-5H2,1-2H3. The van der Waals surface area contributed by atoms with Gasteiger partial charge in [-0.15, -0.1) is 0 Å². The van der Waals surface area contributed by atoms with Crippen molar-refractivity contribution in [1.29, 1.82) is 0 Å². The van der Waals surface area contributed by atoms with Gasteiger partial charge in [-0.2, -0.15) is 0 Å². The first-order chi connectivity index (χ1) is 7.18. The van der Waals surface area contributed by atoms with E-state index in [-0.39, 0.29) is 0 Å². The van der Waals surface area contributed by atoms with Crippen LogP contribution in [0.5, 0.6) is 0 Å². The maximum Gasteiger partial charge on any atom is 0.0931 e. The summed E-state index contributed by atoms with van der Waals surface area (Å²) in [6.07, 6.45) is 5.28. The van der Waals surface area contributed by atoms with Gasteiger partial charge in [-0.25, -0.2) is 0 Å². The number of nitrogens with zero attached hydrogens (tertiary/aromatic N) is 2. The lowest BCUT2D eigenvalue weighted by atomic mass is 9.91. The zero-order valence-electron chi connectivity index (χ0n) is 9.35. The molecular weight excluding hydrogens is 188 g/mol. The Bertz CT molecular complexity index is 317. The van der Waals surface area contributed by atoms with E-state index in [9.17, 15) is 5.11 Å². The molecule has 0 spiro atoms. The Balaban J connectivity index is 2.08. The van der Waals surface area contributed by atoms with Crippen LogP contribution in [0, 0.1) is 0 Å². The Hall–Kier alpha value is -1.09. The van der Waals surface area contributed by atoms with Crippen LogP contribution in [0.3, 0.4) is 0 Å². The largest absolute Gasteiger partial charge is 0.387 e. The van der Waals surface area contributed by atoms with Gasteiger partial charge in [-0.1, -0.05) is 0 Å². The van der Waals surface area contributed by atoms with E-state index in [2.05, 4.69) is 16.9 Å². The number of anilines is 1. The lowest BCUT2D eigenvalue weighted by molar-refractivity contribution is 0.194. The highest BCUT2D eigenvalue weighted by Gasteiger charge is 2.22. The smallest absolute Gasteiger partial charge is 0.0931 e. The van der Waals surface area contributed by atoms with Crippen LogP contribution in [0.2, 0.25) is 0 Å². The molecule has 1 aromatic rings. The van der Waals surface area contributed by atoms with Gasteiger partial charge in [0.25, 0.3) is 0 Å². The topological polar surface area (TPSA) is 36.4 Å². The molecule has 0 radical (unpaired) electrons. The van der Waals surface area contributed by atoms with E-state index in [1.807, 2.05) is 18.3 Å². The summed E-state index contributed by atoms with van der Waals surface area (Å²) in [5.74, 6) is 0. The number of aromatic nitrogens is 1. The summed E-state index contributed by atoms with van der Waals surface area (Å²) in [7, 11) is 2.11. The Kier molecular flexibility index (Phi) is 2.91. The lowest BCUT2D eigenvalue weighted by Gasteiger charge is -2.36. The van der Waals surface area contributed by atoms with E-state index in [0.717, 1.165) is 11.4 Å². The summed E-state index contributed by atoms with van der Waals surface area (Å²) in [6, 6.07) is 4.62. The molecule has 3 nitrogen and oxygen atoms in total. The third kappa shape index (κ3) is 2.12. The van der Waals surface area contributed by atoms with Crippen LogP contribution >= 0.6 is 0 Å². The first-order valence-electron chi connectivity index (χ1n) is 5.55. The highest BCUT2D eigenvalue weighted by atomic mass is 16.3. The molecule has 1 unspecified atom stereocenters. The zero-order valence-corrected chi connectivity index (χ0v) is 9.35. The molecule has 0 saturated heterocycles. The van der Waals surface area contributed by atoms with E-state index >= 15 is 0 Å². The van der Waals surface area contributed by atoms with Gasteiger partial charge in [0.05, 0.1) is 23.7 Å². The van der Waals surface area contributed by atoms with Crippen molar-refractivity contribution >= 4 is 5.69 Å². The fraction of sp³-hybridized carbons (Fsp3) is 0.583. The van der Waals surface area contributed by atoms with Crippen molar-refractivity contribution in [2.75, 3.05) is 11.9 Å². The normalized spacial score (nSPS) is 18.3. The third-order valence-electron chi connectivity index (χ3n) is 3.23. The highest BCUT2D eigenvalue weighted by molar-refractivity contribution is 5.45. The van der Waals surface area contributed by atoms with Crippen LogP contribution in [0.4, 0.5) is 5.69 Å². The summed E-state index contributed by atoms with van der Waals surface area (Å²) in [5.41, 5.74) is 1.88. The molecule has 15 heavy (non-hydrogen) atoms. The van der Waals surface area contributed by atoms with E-state index in [1.165, 1.54) is 19.3 Å². The van der Waals surface area contributed by atoms with Crippen LogP contribution in [0.15, 0.2) is 18.3 Å². The molecule has 1 N–H and O–H groups in total. The third-order valence-corrected chi connectivity index (χ3v) is 3.23. The monoisotopic (exact) mass is 206 g/mol. The van der Waals surface area contributed by atoms with Gasteiger partial charge in [-0.05, 0) is 38.3 Å². The maximum atomic E-state index is 9.34. The van der Waals surface area contributed by atoms with Crippen LogP contribution in [-0.4, -0.2) is 23.2 Å². The Labute approximate surface area is 90.8 Å². The van der Waals surface area contributed by atoms with E-state index in [1.54, 1.807) is 6.92 Å². The molecule has 82 valence electrons. The van der Waals surface area contributed by atoms with Crippen LogP contribution in [0.25, 0.3) is 0 Å². The van der Waals surface area contributed by atoms with E-state index in [4.69, 9.17) is 0 Å². The molecule has 0 bridgehead atoms. The van der Waals surface area contributed by atoms with Crippen molar-refractivity contribution < 1.29 is 5.11 Å². The van der Waals surface area contributed by atoms with Gasteiger partial charge in [-0.3, -0.25) is 4.98 Å². The predicted molar refractivity (Wildman–Crippen MR) is 60.9 cm³/mol. The molecule has 2 rings (SSSR count). The molecule has 0 amide bonds. The average molecular weight is 206 g/mol. The average Bonchev–Trinajstić information content (AvgIpc) is 2.15. The molecule has 1 aliphatic rings. The lowest BCUT2D eigenvalue weighted by Crippen LogP contribution is -2.37. The second-order valence-electron chi connectivity index (χ2n) is 4.31. The Morgan fingerprint density at radius 1 is 1.47 bits per heavy atom. The minimum Gasteiger partial charge on any atom is -0.387 e. The minimum absolute atomic E-state index is 0.479. The van der Waals surface area contributed by atoms with Crippen molar-refractivity contribution in [3.05, 3.63) is 24.0 Å². The number of aliphatic hydroxyl groups excluding tert-OH is 1. The summed E-state index contributed by atoms with van der Waals surface area (Å²) < 4.78 is 0. The molecule has 1 saturated carbocycles. The van der Waals surface area contributed by atoms with Crippen molar-refractivity contribution in [3.63, 3.8) is 0 Å². The quantitative estimate of drug-likeness (QED) is 0.823. The molecule has 1 heterocycles. The second kappa shape index (κ2) is 4.19. The zero-order chi connectivity index (χ0) is 10.8. The van der Waals surface area contributed by atoms with Crippen LogP contribution < -0.4 is 4.90 Å². The fourth-order valence-corrected chi connectivity index (χ4v) is 1.84. The van der Waals surface area contributed by atoms with Crippen molar-refractivity contribution in [3.8, 4) is 0 Å². The fourth-order valence-electron chi connectivity index (χ4n) is 1.84.